The van der Waals surface area contributed by atoms with Gasteiger partial charge in [-0.25, -0.2) is 0 Å². The van der Waals surface area contributed by atoms with Crippen LogP contribution in [0.3, 0.4) is 0 Å². The zero-order valence-electron chi connectivity index (χ0n) is 14.7. The smallest absolute Gasteiger partial charge is 0.120 e. The quantitative estimate of drug-likeness (QED) is 0.548. The van der Waals surface area contributed by atoms with E-state index in [1.54, 1.807) is 7.11 Å². The summed E-state index contributed by atoms with van der Waals surface area (Å²) in [6.07, 6.45) is -0.514. The Kier molecular flexibility index (Phi) is 4.50. The number of hydrogen-bond acceptors (Lipinski definition) is 3. The average molecular weight is 346 g/mol. The van der Waals surface area contributed by atoms with Crippen LogP contribution in [0.4, 0.5) is 5.69 Å². The lowest BCUT2D eigenvalue weighted by Crippen LogP contribution is -2.24. The van der Waals surface area contributed by atoms with E-state index in [1.807, 2.05) is 36.4 Å². The highest BCUT2D eigenvalue weighted by Crippen LogP contribution is 2.28. The molecule has 1 aromatic heterocycles. The number of ether oxygens (including phenoxy) is 1. The van der Waals surface area contributed by atoms with Crippen molar-refractivity contribution in [3.05, 3.63) is 72.8 Å². The maximum atomic E-state index is 10.6. The monoisotopic (exact) mass is 346 g/mol. The van der Waals surface area contributed by atoms with Gasteiger partial charge in [-0.3, -0.25) is 0 Å². The lowest BCUT2D eigenvalue weighted by molar-refractivity contribution is 0.169. The molecule has 3 aromatic carbocycles. The topological polar surface area (TPSA) is 46.4 Å². The zero-order valence-corrected chi connectivity index (χ0v) is 14.7. The minimum Gasteiger partial charge on any atom is -0.497 e. The molecular formula is C22H22N2O2. The summed E-state index contributed by atoms with van der Waals surface area (Å²) in [4.78, 5) is 0. The van der Waals surface area contributed by atoms with Crippen molar-refractivity contribution < 1.29 is 9.84 Å². The van der Waals surface area contributed by atoms with Crippen LogP contribution in [0.1, 0.15) is 0 Å². The minimum atomic E-state index is -0.514. The number of anilines is 1. The van der Waals surface area contributed by atoms with Crippen LogP contribution in [-0.2, 0) is 6.54 Å². The highest BCUT2D eigenvalue weighted by molar-refractivity contribution is 6.07. The molecule has 26 heavy (non-hydrogen) atoms. The highest BCUT2D eigenvalue weighted by Gasteiger charge is 2.13. The van der Waals surface area contributed by atoms with Gasteiger partial charge >= 0.3 is 0 Å². The molecule has 0 fully saturated rings. The van der Waals surface area contributed by atoms with Gasteiger partial charge in [-0.1, -0.05) is 42.5 Å². The van der Waals surface area contributed by atoms with E-state index in [1.165, 1.54) is 10.8 Å². The van der Waals surface area contributed by atoms with E-state index >= 15 is 0 Å². The normalized spacial score (nSPS) is 12.4. The van der Waals surface area contributed by atoms with Crippen LogP contribution in [0.15, 0.2) is 72.8 Å². The van der Waals surface area contributed by atoms with Gasteiger partial charge in [0.25, 0.3) is 0 Å². The predicted octanol–water partition coefficient (Wildman–Crippen LogP) is 4.28. The number of benzene rings is 3. The minimum absolute atomic E-state index is 0.466. The summed E-state index contributed by atoms with van der Waals surface area (Å²) in [5.74, 6) is 0.798. The number of methoxy groups -OCH3 is 1. The number of hydrogen-bond donors (Lipinski definition) is 2. The number of nitrogens with zero attached hydrogens (tertiary/aromatic N) is 1. The summed E-state index contributed by atoms with van der Waals surface area (Å²) >= 11 is 0. The summed E-state index contributed by atoms with van der Waals surface area (Å²) in [7, 11) is 1.65. The van der Waals surface area contributed by atoms with Crippen molar-refractivity contribution in [1.82, 2.24) is 4.57 Å². The fourth-order valence-corrected chi connectivity index (χ4v) is 3.44. The standard InChI is InChI=1S/C22H22N2O2/c1-26-18-8-6-7-16(13-18)23-14-17(25)15-24-21-11-4-2-9-19(21)20-10-3-5-12-22(20)24/h2-13,17,23,25H,14-15H2,1H3/t17-/m0/s1. The molecule has 0 aliphatic heterocycles. The number of nitrogens with one attached hydrogen (secondary N) is 1. The first-order valence-corrected chi connectivity index (χ1v) is 8.78. The molecule has 0 unspecified atom stereocenters. The molecule has 0 saturated heterocycles. The third kappa shape index (κ3) is 3.11. The predicted molar refractivity (Wildman–Crippen MR) is 107 cm³/mol. The Morgan fingerprint density at radius 1 is 0.923 bits per heavy atom. The molecule has 0 amide bonds. The van der Waals surface area contributed by atoms with Gasteiger partial charge in [-0.05, 0) is 24.3 Å². The summed E-state index contributed by atoms with van der Waals surface area (Å²) in [5, 5.41) is 16.3. The Balaban J connectivity index is 1.56. The summed E-state index contributed by atoms with van der Waals surface area (Å²) in [6, 6.07) is 24.4. The van der Waals surface area contributed by atoms with Crippen LogP contribution in [0.5, 0.6) is 5.75 Å². The molecule has 0 bridgehead atoms. The summed E-state index contributed by atoms with van der Waals surface area (Å²) in [5.41, 5.74) is 3.23. The molecule has 4 nitrogen and oxygen atoms in total. The van der Waals surface area contributed by atoms with Crippen LogP contribution < -0.4 is 10.1 Å². The maximum Gasteiger partial charge on any atom is 0.120 e. The fourth-order valence-electron chi connectivity index (χ4n) is 3.44. The summed E-state index contributed by atoms with van der Waals surface area (Å²) in [6.45, 7) is 0.999. The van der Waals surface area contributed by atoms with E-state index in [0.29, 0.717) is 13.1 Å². The first kappa shape index (κ1) is 16.5. The molecule has 4 aromatic rings. The lowest BCUT2D eigenvalue weighted by Gasteiger charge is -2.16. The van der Waals surface area contributed by atoms with Gasteiger partial charge in [0, 0.05) is 40.1 Å². The number of aliphatic hydroxyl groups is 1. The van der Waals surface area contributed by atoms with Crippen molar-refractivity contribution in [3.8, 4) is 5.75 Å². The molecule has 0 spiro atoms. The lowest BCUT2D eigenvalue weighted by atomic mass is 10.2. The van der Waals surface area contributed by atoms with Gasteiger partial charge in [0.2, 0.25) is 0 Å². The van der Waals surface area contributed by atoms with E-state index in [2.05, 4.69) is 46.3 Å². The first-order valence-electron chi connectivity index (χ1n) is 8.78. The highest BCUT2D eigenvalue weighted by atomic mass is 16.5. The van der Waals surface area contributed by atoms with Gasteiger partial charge in [-0.15, -0.1) is 0 Å². The molecule has 0 aliphatic carbocycles. The number of para-hydroxylation sites is 2. The Bertz CT molecular complexity index is 985. The Morgan fingerprint density at radius 3 is 2.23 bits per heavy atom. The van der Waals surface area contributed by atoms with E-state index < -0.39 is 6.10 Å². The molecular weight excluding hydrogens is 324 g/mol. The van der Waals surface area contributed by atoms with Crippen molar-refractivity contribution in [3.63, 3.8) is 0 Å². The van der Waals surface area contributed by atoms with Crippen molar-refractivity contribution in [2.45, 2.75) is 12.6 Å². The number of rotatable bonds is 6. The van der Waals surface area contributed by atoms with Crippen molar-refractivity contribution in [2.24, 2.45) is 0 Å². The Labute approximate surface area is 152 Å². The maximum absolute atomic E-state index is 10.6. The molecule has 4 heteroatoms. The van der Waals surface area contributed by atoms with Crippen LogP contribution in [0, 0.1) is 0 Å². The first-order chi connectivity index (χ1) is 12.8. The van der Waals surface area contributed by atoms with Gasteiger partial charge < -0.3 is 19.7 Å². The van der Waals surface area contributed by atoms with Gasteiger partial charge in [-0.2, -0.15) is 0 Å². The fraction of sp³-hybridized carbons (Fsp3) is 0.182. The van der Waals surface area contributed by atoms with Crippen LogP contribution in [0.25, 0.3) is 21.8 Å². The van der Waals surface area contributed by atoms with Gasteiger partial charge in [0.15, 0.2) is 0 Å². The van der Waals surface area contributed by atoms with E-state index in [0.717, 1.165) is 22.5 Å². The van der Waals surface area contributed by atoms with Crippen molar-refractivity contribution in [1.29, 1.82) is 0 Å². The van der Waals surface area contributed by atoms with E-state index in [4.69, 9.17) is 4.74 Å². The van der Waals surface area contributed by atoms with Gasteiger partial charge in [0.1, 0.15) is 5.75 Å². The molecule has 4 rings (SSSR count). The van der Waals surface area contributed by atoms with E-state index in [-0.39, 0.29) is 0 Å². The zero-order chi connectivity index (χ0) is 17.9. The second-order valence-electron chi connectivity index (χ2n) is 6.41. The second-order valence-corrected chi connectivity index (χ2v) is 6.41. The SMILES string of the molecule is COc1cccc(NC[C@H](O)Cn2c3ccccc3c3ccccc32)c1. The largest absolute Gasteiger partial charge is 0.497 e. The third-order valence-electron chi connectivity index (χ3n) is 4.68. The molecule has 2 N–H and O–H groups in total. The number of aromatic nitrogens is 1. The molecule has 132 valence electrons. The van der Waals surface area contributed by atoms with Gasteiger partial charge in [0.05, 0.1) is 19.8 Å². The van der Waals surface area contributed by atoms with Crippen LogP contribution >= 0.6 is 0 Å². The van der Waals surface area contributed by atoms with Crippen molar-refractivity contribution >= 4 is 27.5 Å². The van der Waals surface area contributed by atoms with Crippen molar-refractivity contribution in [2.75, 3.05) is 19.0 Å². The Hall–Kier alpha value is -2.98. The number of aliphatic hydroxyl groups excluding tert-OH is 1. The summed E-state index contributed by atoms with van der Waals surface area (Å²) < 4.78 is 7.43. The Morgan fingerprint density at radius 2 is 1.58 bits per heavy atom. The molecule has 0 saturated carbocycles. The second kappa shape index (κ2) is 7.10. The number of fused-ring (bicyclic) bond motifs is 3. The van der Waals surface area contributed by atoms with Crippen LogP contribution in [0.2, 0.25) is 0 Å². The van der Waals surface area contributed by atoms with E-state index in [9.17, 15) is 5.11 Å². The molecule has 1 heterocycles. The average Bonchev–Trinajstić information content (AvgIpc) is 3.01. The third-order valence-corrected chi connectivity index (χ3v) is 4.68. The molecule has 0 aliphatic rings. The molecule has 0 radical (unpaired) electrons. The molecule has 1 atom stereocenters. The van der Waals surface area contributed by atoms with Crippen LogP contribution in [-0.4, -0.2) is 29.4 Å².